The van der Waals surface area contributed by atoms with Crippen LogP contribution in [-0.2, 0) is 19.4 Å². The summed E-state index contributed by atoms with van der Waals surface area (Å²) < 4.78 is 21.1. The zero-order valence-corrected chi connectivity index (χ0v) is 21.9. The van der Waals surface area contributed by atoms with E-state index in [4.69, 9.17) is 18.9 Å². The van der Waals surface area contributed by atoms with E-state index in [2.05, 4.69) is 22.3 Å². The van der Waals surface area contributed by atoms with Crippen LogP contribution in [0.4, 0.5) is 11.4 Å². The first kappa shape index (κ1) is 26.7. The molecule has 0 aliphatic carbocycles. The maximum absolute atomic E-state index is 12.8. The molecule has 0 spiro atoms. The van der Waals surface area contributed by atoms with Gasteiger partial charge in [0.2, 0.25) is 5.75 Å². The third kappa shape index (κ3) is 5.81. The maximum atomic E-state index is 12.8. The molecule has 1 heterocycles. The van der Waals surface area contributed by atoms with E-state index < -0.39 is 10.8 Å². The van der Waals surface area contributed by atoms with Gasteiger partial charge in [0.1, 0.15) is 0 Å². The van der Waals surface area contributed by atoms with Crippen molar-refractivity contribution in [3.8, 4) is 23.0 Å². The van der Waals surface area contributed by atoms with Gasteiger partial charge in [-0.15, -0.1) is 0 Å². The minimum atomic E-state index is -0.610. The molecule has 3 aromatic carbocycles. The van der Waals surface area contributed by atoms with E-state index in [1.54, 1.807) is 14.2 Å². The normalized spacial score (nSPS) is 12.8. The zero-order valence-electron chi connectivity index (χ0n) is 21.9. The number of hydrogen-bond donors (Lipinski definition) is 1. The lowest BCUT2D eigenvalue weighted by Crippen LogP contribution is -2.32. The minimum absolute atomic E-state index is 0.0329. The smallest absolute Gasteiger partial charge is 0.315 e. The Labute approximate surface area is 221 Å². The maximum Gasteiger partial charge on any atom is 0.315 e. The lowest BCUT2D eigenvalue weighted by molar-refractivity contribution is -0.385. The second kappa shape index (κ2) is 11.8. The van der Waals surface area contributed by atoms with Gasteiger partial charge in [0.05, 0.1) is 38.9 Å². The Morgan fingerprint density at radius 2 is 1.58 bits per heavy atom. The number of methoxy groups -OCH3 is 4. The number of carbonyl (C=O) groups is 1. The molecule has 0 unspecified atom stereocenters. The number of hydrogen-bond acceptors (Lipinski definition) is 8. The van der Waals surface area contributed by atoms with E-state index in [9.17, 15) is 14.9 Å². The van der Waals surface area contributed by atoms with Crippen molar-refractivity contribution >= 4 is 17.3 Å². The first-order valence-corrected chi connectivity index (χ1v) is 12.1. The molecule has 4 rings (SSSR count). The van der Waals surface area contributed by atoms with Crippen molar-refractivity contribution in [1.29, 1.82) is 0 Å². The van der Waals surface area contributed by atoms with E-state index >= 15 is 0 Å². The molecular formula is C28H31N3O7. The number of nitro groups is 1. The van der Waals surface area contributed by atoms with Gasteiger partial charge >= 0.3 is 5.69 Å². The fraction of sp³-hybridized carbons (Fsp3) is 0.321. The Morgan fingerprint density at radius 1 is 0.921 bits per heavy atom. The molecule has 1 aliphatic heterocycles. The van der Waals surface area contributed by atoms with Gasteiger partial charge in [0.25, 0.3) is 5.91 Å². The number of anilines is 1. The standard InChI is InChI=1S/C28H31N3O7/c1-35-24-14-19-10-12-30(17-21(19)16-25(24)36-2)11-9-18-5-7-22(8-6-18)29-28(32)20-13-23(31(33)34)27(38-4)26(15-20)37-3/h5-8,13-16H,9-12,17H2,1-4H3,(H,29,32). The highest BCUT2D eigenvalue weighted by Crippen LogP contribution is 2.38. The largest absolute Gasteiger partial charge is 0.493 e. The second-order valence-corrected chi connectivity index (χ2v) is 8.89. The predicted molar refractivity (Wildman–Crippen MR) is 143 cm³/mol. The van der Waals surface area contributed by atoms with Gasteiger partial charge in [-0.1, -0.05) is 12.1 Å². The molecule has 0 saturated heterocycles. The molecular weight excluding hydrogens is 490 g/mol. The Kier molecular flexibility index (Phi) is 8.32. The summed E-state index contributed by atoms with van der Waals surface area (Å²) in [6.45, 7) is 2.71. The number of ether oxygens (including phenoxy) is 4. The Hall–Kier alpha value is -4.31. The van der Waals surface area contributed by atoms with Crippen molar-refractivity contribution in [2.24, 2.45) is 0 Å². The van der Waals surface area contributed by atoms with Crippen molar-refractivity contribution in [1.82, 2.24) is 4.90 Å². The Morgan fingerprint density at radius 3 is 2.18 bits per heavy atom. The van der Waals surface area contributed by atoms with Crippen LogP contribution in [0.1, 0.15) is 27.0 Å². The highest BCUT2D eigenvalue weighted by molar-refractivity contribution is 6.05. The van der Waals surface area contributed by atoms with E-state index in [-0.39, 0.29) is 22.7 Å². The SMILES string of the molecule is COc1cc2c(cc1OC)CN(CCc1ccc(NC(=O)c3cc(OC)c(OC)c([N+](=O)[O-])c3)cc1)CC2. The first-order valence-electron chi connectivity index (χ1n) is 12.1. The van der Waals surface area contributed by atoms with Crippen LogP contribution in [0.5, 0.6) is 23.0 Å². The average Bonchev–Trinajstić information content (AvgIpc) is 2.94. The number of amides is 1. The number of nitrogens with zero attached hydrogens (tertiary/aromatic N) is 2. The molecule has 0 aromatic heterocycles. The van der Waals surface area contributed by atoms with Crippen molar-refractivity contribution < 1.29 is 28.7 Å². The Balaban J connectivity index is 1.37. The molecule has 1 amide bonds. The molecule has 0 fully saturated rings. The average molecular weight is 522 g/mol. The van der Waals surface area contributed by atoms with Crippen LogP contribution < -0.4 is 24.3 Å². The zero-order chi connectivity index (χ0) is 27.2. The van der Waals surface area contributed by atoms with Crippen molar-refractivity contribution in [2.45, 2.75) is 19.4 Å². The molecule has 0 bridgehead atoms. The summed E-state index contributed by atoms with van der Waals surface area (Å²) in [5.74, 6) is 1.10. The third-order valence-corrected chi connectivity index (χ3v) is 6.64. The second-order valence-electron chi connectivity index (χ2n) is 8.89. The summed E-state index contributed by atoms with van der Waals surface area (Å²) in [5, 5.41) is 14.2. The molecule has 10 nitrogen and oxygen atoms in total. The third-order valence-electron chi connectivity index (χ3n) is 6.64. The van der Waals surface area contributed by atoms with Gasteiger partial charge < -0.3 is 24.3 Å². The number of rotatable bonds is 10. The van der Waals surface area contributed by atoms with Crippen LogP contribution in [-0.4, -0.2) is 57.3 Å². The molecule has 3 aromatic rings. The fourth-order valence-electron chi connectivity index (χ4n) is 4.59. The van der Waals surface area contributed by atoms with Gasteiger partial charge in [-0.25, -0.2) is 0 Å². The summed E-state index contributed by atoms with van der Waals surface area (Å²) in [4.78, 5) is 26.0. The van der Waals surface area contributed by atoms with Crippen LogP contribution in [0.25, 0.3) is 0 Å². The van der Waals surface area contributed by atoms with E-state index in [0.29, 0.717) is 5.69 Å². The Bertz CT molecular complexity index is 1330. The first-order chi connectivity index (χ1) is 18.4. The summed E-state index contributed by atoms with van der Waals surface area (Å²) in [6, 6.07) is 14.3. The van der Waals surface area contributed by atoms with Crippen molar-refractivity contribution in [3.63, 3.8) is 0 Å². The summed E-state index contributed by atoms with van der Waals surface area (Å²) >= 11 is 0. The molecule has 38 heavy (non-hydrogen) atoms. The highest BCUT2D eigenvalue weighted by atomic mass is 16.6. The van der Waals surface area contributed by atoms with Gasteiger partial charge in [-0.2, -0.15) is 0 Å². The number of nitrogens with one attached hydrogen (secondary N) is 1. The molecule has 1 N–H and O–H groups in total. The van der Waals surface area contributed by atoms with Crippen LogP contribution in [0, 0.1) is 10.1 Å². The number of fused-ring (bicyclic) bond motifs is 1. The molecule has 200 valence electrons. The minimum Gasteiger partial charge on any atom is -0.493 e. The van der Waals surface area contributed by atoms with E-state index in [1.165, 1.54) is 37.5 Å². The summed E-state index contributed by atoms with van der Waals surface area (Å²) in [5.41, 5.74) is 4.02. The van der Waals surface area contributed by atoms with Crippen molar-refractivity contribution in [2.75, 3.05) is 46.8 Å². The van der Waals surface area contributed by atoms with E-state index in [0.717, 1.165) is 49.5 Å². The number of benzene rings is 3. The molecule has 10 heteroatoms. The topological polar surface area (TPSA) is 112 Å². The van der Waals surface area contributed by atoms with Crippen LogP contribution in [0.15, 0.2) is 48.5 Å². The van der Waals surface area contributed by atoms with Crippen LogP contribution >= 0.6 is 0 Å². The van der Waals surface area contributed by atoms with Crippen LogP contribution in [0.3, 0.4) is 0 Å². The predicted octanol–water partition coefficient (Wildman–Crippen LogP) is 4.48. The molecule has 0 saturated carbocycles. The molecule has 0 radical (unpaired) electrons. The lowest BCUT2D eigenvalue weighted by Gasteiger charge is -2.29. The molecule has 0 atom stereocenters. The summed E-state index contributed by atoms with van der Waals surface area (Å²) in [7, 11) is 5.97. The van der Waals surface area contributed by atoms with Crippen LogP contribution in [0.2, 0.25) is 0 Å². The summed E-state index contributed by atoms with van der Waals surface area (Å²) in [6.07, 6.45) is 1.81. The highest BCUT2D eigenvalue weighted by Gasteiger charge is 2.24. The number of nitro benzene ring substituents is 1. The van der Waals surface area contributed by atoms with Crippen molar-refractivity contribution in [3.05, 3.63) is 80.9 Å². The van der Waals surface area contributed by atoms with Gasteiger partial charge in [0, 0.05) is 31.4 Å². The monoisotopic (exact) mass is 521 g/mol. The fourth-order valence-corrected chi connectivity index (χ4v) is 4.59. The van der Waals surface area contributed by atoms with Gasteiger partial charge in [-0.3, -0.25) is 19.8 Å². The quantitative estimate of drug-likeness (QED) is 0.307. The van der Waals surface area contributed by atoms with E-state index in [1.807, 2.05) is 24.3 Å². The molecule has 1 aliphatic rings. The lowest BCUT2D eigenvalue weighted by atomic mass is 9.98. The van der Waals surface area contributed by atoms with Gasteiger partial charge in [0.15, 0.2) is 17.2 Å². The number of carbonyl (C=O) groups excluding carboxylic acids is 1. The van der Waals surface area contributed by atoms with Gasteiger partial charge in [-0.05, 0) is 59.9 Å².